The molecule has 7 nitrogen and oxygen atoms in total. The summed E-state index contributed by atoms with van der Waals surface area (Å²) in [5.74, 6) is 0.0712. The van der Waals surface area contributed by atoms with Gasteiger partial charge in [0.05, 0.1) is 12.8 Å². The quantitative estimate of drug-likeness (QED) is 0.768. The summed E-state index contributed by atoms with van der Waals surface area (Å²) >= 11 is 0. The number of H-pyrrole nitrogens is 1. The van der Waals surface area contributed by atoms with E-state index in [1.807, 2.05) is 24.3 Å². The summed E-state index contributed by atoms with van der Waals surface area (Å²) in [6, 6.07) is 14.1. The number of methoxy groups -OCH3 is 1. The molecule has 7 heteroatoms. The molecule has 0 aliphatic carbocycles. The van der Waals surface area contributed by atoms with Crippen LogP contribution in [-0.2, 0) is 6.42 Å². The van der Waals surface area contributed by atoms with E-state index in [1.165, 1.54) is 13.3 Å². The van der Waals surface area contributed by atoms with Crippen molar-refractivity contribution in [3.05, 3.63) is 86.7 Å². The van der Waals surface area contributed by atoms with Gasteiger partial charge in [-0.15, -0.1) is 0 Å². The number of aromatic amines is 1. The molecule has 0 radical (unpaired) electrons. The summed E-state index contributed by atoms with van der Waals surface area (Å²) in [7, 11) is 1.50. The maximum Gasteiger partial charge on any atom is 0.333 e. The highest BCUT2D eigenvalue weighted by atomic mass is 16.5. The lowest BCUT2D eigenvalue weighted by molar-refractivity contribution is 0.0987. The Morgan fingerprint density at radius 1 is 1.11 bits per heavy atom. The van der Waals surface area contributed by atoms with Crippen molar-refractivity contribution in [1.82, 2.24) is 9.55 Å². The lowest BCUT2D eigenvalue weighted by atomic mass is 10.2. The fraction of sp³-hybridized carbons (Fsp3) is 0.150. The molecule has 4 rings (SSSR count). The van der Waals surface area contributed by atoms with Crippen molar-refractivity contribution in [2.45, 2.75) is 6.42 Å². The number of aromatic nitrogens is 2. The first kappa shape index (κ1) is 16.8. The number of carbonyl (C=O) groups is 1. The van der Waals surface area contributed by atoms with Crippen LogP contribution < -0.4 is 20.9 Å². The third-order valence-corrected chi connectivity index (χ3v) is 4.65. The van der Waals surface area contributed by atoms with Crippen LogP contribution in [0.2, 0.25) is 0 Å². The molecule has 0 bridgehead atoms. The molecule has 27 heavy (non-hydrogen) atoms. The molecule has 0 saturated carbocycles. The summed E-state index contributed by atoms with van der Waals surface area (Å²) in [5.41, 5.74) is 0.809. The SMILES string of the molecule is COc1cccc(-n2c(=O)[nH]cc(C(=O)N3CCc4ccccc43)c2=O)c1. The van der Waals surface area contributed by atoms with Crippen molar-refractivity contribution in [2.24, 2.45) is 0 Å². The van der Waals surface area contributed by atoms with E-state index >= 15 is 0 Å². The fourth-order valence-corrected chi connectivity index (χ4v) is 3.30. The Morgan fingerprint density at radius 2 is 1.93 bits per heavy atom. The van der Waals surface area contributed by atoms with Crippen LogP contribution in [0.5, 0.6) is 5.75 Å². The minimum atomic E-state index is -0.665. The maximum atomic E-state index is 13.0. The van der Waals surface area contributed by atoms with Crippen LogP contribution in [0.4, 0.5) is 5.69 Å². The van der Waals surface area contributed by atoms with Gasteiger partial charge >= 0.3 is 5.69 Å². The van der Waals surface area contributed by atoms with E-state index in [9.17, 15) is 14.4 Å². The summed E-state index contributed by atoms with van der Waals surface area (Å²) in [6.45, 7) is 0.496. The second kappa shape index (κ2) is 6.60. The van der Waals surface area contributed by atoms with Gasteiger partial charge in [0.2, 0.25) is 0 Å². The number of amides is 1. The van der Waals surface area contributed by atoms with Crippen molar-refractivity contribution in [1.29, 1.82) is 0 Å². The third kappa shape index (κ3) is 2.83. The first-order valence-corrected chi connectivity index (χ1v) is 8.49. The van der Waals surface area contributed by atoms with Crippen molar-refractivity contribution < 1.29 is 9.53 Å². The van der Waals surface area contributed by atoms with Gasteiger partial charge in [-0.2, -0.15) is 0 Å². The Morgan fingerprint density at radius 3 is 2.74 bits per heavy atom. The molecule has 0 saturated heterocycles. The highest BCUT2D eigenvalue weighted by Crippen LogP contribution is 2.28. The monoisotopic (exact) mass is 363 g/mol. The van der Waals surface area contributed by atoms with Crippen LogP contribution in [0.15, 0.2) is 64.3 Å². The number of benzene rings is 2. The molecule has 1 amide bonds. The van der Waals surface area contributed by atoms with Crippen LogP contribution in [-0.4, -0.2) is 29.1 Å². The lowest BCUT2D eigenvalue weighted by Crippen LogP contribution is -2.41. The van der Waals surface area contributed by atoms with E-state index in [4.69, 9.17) is 4.74 Å². The molecule has 1 N–H and O–H groups in total. The predicted molar refractivity (Wildman–Crippen MR) is 101 cm³/mol. The Bertz CT molecular complexity index is 1150. The molecule has 0 unspecified atom stereocenters. The van der Waals surface area contributed by atoms with E-state index in [2.05, 4.69) is 4.98 Å². The molecule has 0 fully saturated rings. The van der Waals surface area contributed by atoms with Gasteiger partial charge in [0.25, 0.3) is 11.5 Å². The number of hydrogen-bond acceptors (Lipinski definition) is 4. The van der Waals surface area contributed by atoms with Gasteiger partial charge in [0.15, 0.2) is 0 Å². The molecule has 2 aromatic carbocycles. The van der Waals surface area contributed by atoms with Gasteiger partial charge in [0, 0.05) is 24.5 Å². The predicted octanol–water partition coefficient (Wildman–Crippen LogP) is 1.74. The number of ether oxygens (including phenoxy) is 1. The lowest BCUT2D eigenvalue weighted by Gasteiger charge is -2.17. The number of fused-ring (bicyclic) bond motifs is 1. The van der Waals surface area contributed by atoms with Crippen molar-refractivity contribution in [3.8, 4) is 11.4 Å². The van der Waals surface area contributed by atoms with Crippen LogP contribution in [0.3, 0.4) is 0 Å². The first-order chi connectivity index (χ1) is 13.1. The molecule has 1 aliphatic heterocycles. The van der Waals surface area contributed by atoms with Crippen molar-refractivity contribution >= 4 is 11.6 Å². The minimum absolute atomic E-state index is 0.0888. The van der Waals surface area contributed by atoms with Crippen LogP contribution in [0, 0.1) is 0 Å². The average molecular weight is 363 g/mol. The van der Waals surface area contributed by atoms with Gasteiger partial charge in [-0.3, -0.25) is 9.59 Å². The first-order valence-electron chi connectivity index (χ1n) is 8.49. The summed E-state index contributed by atoms with van der Waals surface area (Å²) in [5, 5.41) is 0. The zero-order valence-electron chi connectivity index (χ0n) is 14.6. The molecule has 0 spiro atoms. The Kier molecular flexibility index (Phi) is 4.12. The van der Waals surface area contributed by atoms with Crippen molar-refractivity contribution in [3.63, 3.8) is 0 Å². The second-order valence-electron chi connectivity index (χ2n) is 6.19. The van der Waals surface area contributed by atoms with Gasteiger partial charge < -0.3 is 14.6 Å². The fourth-order valence-electron chi connectivity index (χ4n) is 3.30. The van der Waals surface area contributed by atoms with E-state index < -0.39 is 17.2 Å². The van der Waals surface area contributed by atoms with E-state index in [1.54, 1.807) is 29.2 Å². The number of anilines is 1. The normalized spacial score (nSPS) is 12.7. The van der Waals surface area contributed by atoms with Gasteiger partial charge in [-0.05, 0) is 30.2 Å². The average Bonchev–Trinajstić information content (AvgIpc) is 3.12. The Balaban J connectivity index is 1.81. The summed E-state index contributed by atoms with van der Waals surface area (Å²) in [4.78, 5) is 42.3. The second-order valence-corrected chi connectivity index (χ2v) is 6.19. The molecule has 1 aliphatic rings. The molecule has 0 atom stereocenters. The molecular weight excluding hydrogens is 346 g/mol. The Hall–Kier alpha value is -3.61. The van der Waals surface area contributed by atoms with E-state index in [0.29, 0.717) is 18.0 Å². The molecule has 136 valence electrons. The zero-order chi connectivity index (χ0) is 19.0. The highest BCUT2D eigenvalue weighted by Gasteiger charge is 2.28. The number of nitrogens with zero attached hydrogens (tertiary/aromatic N) is 2. The van der Waals surface area contributed by atoms with Gasteiger partial charge in [-0.1, -0.05) is 24.3 Å². The topological polar surface area (TPSA) is 84.4 Å². The number of hydrogen-bond donors (Lipinski definition) is 1. The molecule has 3 aromatic rings. The van der Waals surface area contributed by atoms with E-state index in [-0.39, 0.29) is 5.56 Å². The minimum Gasteiger partial charge on any atom is -0.497 e. The number of nitrogens with one attached hydrogen (secondary N) is 1. The Labute approximate surface area is 154 Å². The smallest absolute Gasteiger partial charge is 0.333 e. The van der Waals surface area contributed by atoms with Crippen LogP contribution in [0.1, 0.15) is 15.9 Å². The zero-order valence-corrected chi connectivity index (χ0v) is 14.6. The molecule has 1 aromatic heterocycles. The molecular formula is C20H17N3O4. The van der Waals surface area contributed by atoms with Gasteiger partial charge in [-0.25, -0.2) is 9.36 Å². The third-order valence-electron chi connectivity index (χ3n) is 4.65. The van der Waals surface area contributed by atoms with Gasteiger partial charge in [0.1, 0.15) is 11.3 Å². The summed E-state index contributed by atoms with van der Waals surface area (Å²) < 4.78 is 6.09. The van der Waals surface area contributed by atoms with Crippen LogP contribution >= 0.6 is 0 Å². The summed E-state index contributed by atoms with van der Waals surface area (Å²) in [6.07, 6.45) is 1.92. The van der Waals surface area contributed by atoms with Crippen LogP contribution in [0.25, 0.3) is 5.69 Å². The van der Waals surface area contributed by atoms with Crippen molar-refractivity contribution in [2.75, 3.05) is 18.6 Å². The maximum absolute atomic E-state index is 13.0. The standard InChI is InChI=1S/C20H17N3O4/c1-27-15-7-4-6-14(11-15)23-19(25)16(12-21-20(23)26)18(24)22-10-9-13-5-2-3-8-17(13)22/h2-8,11-12H,9-10H2,1H3,(H,21,26). The molecule has 2 heterocycles. The van der Waals surface area contributed by atoms with E-state index in [0.717, 1.165) is 22.2 Å². The number of para-hydroxylation sites is 1. The largest absolute Gasteiger partial charge is 0.497 e. The highest BCUT2D eigenvalue weighted by molar-refractivity contribution is 6.06. The number of rotatable bonds is 3. The number of carbonyl (C=O) groups excluding carboxylic acids is 1.